The Morgan fingerprint density at radius 1 is 1.05 bits per heavy atom. The number of carbonyl (C=O) groups excluding carboxylic acids is 1. The number of halogens is 1. The third kappa shape index (κ3) is 4.89. The number of fused-ring (bicyclic) bond motifs is 2. The maximum Gasteiger partial charge on any atom is 0.310 e. The molecule has 5 heteroatoms. The Morgan fingerprint density at radius 3 is 2.49 bits per heavy atom. The molecule has 0 radical (unpaired) electrons. The van der Waals surface area contributed by atoms with Crippen LogP contribution in [0.3, 0.4) is 0 Å². The number of hydrogen-bond donors (Lipinski definition) is 0. The Morgan fingerprint density at radius 2 is 1.76 bits per heavy atom. The molecule has 2 aliphatic heterocycles. The Labute approximate surface area is 226 Å². The first kappa shape index (κ1) is 25.2. The third-order valence-corrected chi connectivity index (χ3v) is 10.1. The zero-order chi connectivity index (χ0) is 25.6. The van der Waals surface area contributed by atoms with Gasteiger partial charge in [-0.2, -0.15) is 0 Å². The van der Waals surface area contributed by atoms with Crippen LogP contribution in [-0.4, -0.2) is 54.6 Å². The molecular formula is C32H39ClN2O2. The van der Waals surface area contributed by atoms with Crippen molar-refractivity contribution in [2.24, 2.45) is 23.2 Å². The van der Waals surface area contributed by atoms with Crippen molar-refractivity contribution in [3.63, 3.8) is 0 Å². The molecule has 2 unspecified atom stereocenters. The lowest BCUT2D eigenvalue weighted by molar-refractivity contribution is -0.146. The zero-order valence-corrected chi connectivity index (χ0v) is 22.7. The SMILES string of the molecule is C=C1CCC[C@]2(C)C[C@H]3OC(=O)C(CN4CCN(C(c5ccccc5)c5ccc(Cl)cc5)CC4)[C@H]3C[C@@H]12. The maximum atomic E-state index is 13.1. The number of rotatable bonds is 5. The highest BCUT2D eigenvalue weighted by atomic mass is 35.5. The van der Waals surface area contributed by atoms with Gasteiger partial charge in [-0.05, 0) is 66.7 Å². The summed E-state index contributed by atoms with van der Waals surface area (Å²) >= 11 is 6.20. The number of allylic oxidation sites excluding steroid dienone is 1. The fraction of sp³-hybridized carbons (Fsp3) is 0.531. The summed E-state index contributed by atoms with van der Waals surface area (Å²) in [6.45, 7) is 11.5. The molecule has 2 heterocycles. The number of carbonyl (C=O) groups is 1. The largest absolute Gasteiger partial charge is 0.462 e. The number of esters is 1. The van der Waals surface area contributed by atoms with Gasteiger partial charge in [0.15, 0.2) is 0 Å². The summed E-state index contributed by atoms with van der Waals surface area (Å²) in [6, 6.07) is 19.2. The van der Waals surface area contributed by atoms with Gasteiger partial charge in [0.25, 0.3) is 0 Å². The molecule has 2 saturated carbocycles. The van der Waals surface area contributed by atoms with Crippen LogP contribution < -0.4 is 0 Å². The average Bonchev–Trinajstić information content (AvgIpc) is 3.19. The van der Waals surface area contributed by atoms with E-state index in [-0.39, 0.29) is 29.4 Å². The molecule has 0 bridgehead atoms. The molecule has 2 saturated heterocycles. The van der Waals surface area contributed by atoms with E-state index in [2.05, 4.69) is 65.8 Å². The van der Waals surface area contributed by atoms with Crippen molar-refractivity contribution < 1.29 is 9.53 Å². The van der Waals surface area contributed by atoms with Gasteiger partial charge in [-0.15, -0.1) is 0 Å². The quantitative estimate of drug-likeness (QED) is 0.340. The van der Waals surface area contributed by atoms with Crippen molar-refractivity contribution in [2.75, 3.05) is 32.7 Å². The molecule has 4 fully saturated rings. The van der Waals surface area contributed by atoms with Crippen LogP contribution in [0.2, 0.25) is 5.02 Å². The minimum absolute atomic E-state index is 0.00277. The van der Waals surface area contributed by atoms with Crippen molar-refractivity contribution >= 4 is 17.6 Å². The first-order valence-corrected chi connectivity index (χ1v) is 14.4. The highest BCUT2D eigenvalue weighted by molar-refractivity contribution is 6.30. The molecule has 196 valence electrons. The van der Waals surface area contributed by atoms with Crippen LogP contribution in [0.5, 0.6) is 0 Å². The highest BCUT2D eigenvalue weighted by Gasteiger charge is 2.55. The van der Waals surface area contributed by atoms with Crippen LogP contribution in [0.4, 0.5) is 0 Å². The first-order chi connectivity index (χ1) is 17.9. The fourth-order valence-corrected chi connectivity index (χ4v) is 7.97. The molecule has 37 heavy (non-hydrogen) atoms. The third-order valence-electron chi connectivity index (χ3n) is 9.85. The van der Waals surface area contributed by atoms with Gasteiger partial charge in [0.1, 0.15) is 6.10 Å². The molecule has 6 rings (SSSR count). The van der Waals surface area contributed by atoms with Gasteiger partial charge in [0.05, 0.1) is 12.0 Å². The van der Waals surface area contributed by atoms with Gasteiger partial charge < -0.3 is 4.74 Å². The summed E-state index contributed by atoms with van der Waals surface area (Å²) in [5, 5.41) is 0.766. The lowest BCUT2D eigenvalue weighted by Gasteiger charge is -2.50. The van der Waals surface area contributed by atoms with Gasteiger partial charge in [-0.25, -0.2) is 0 Å². The second kappa shape index (κ2) is 10.2. The summed E-state index contributed by atoms with van der Waals surface area (Å²) in [5.41, 5.74) is 4.24. The summed E-state index contributed by atoms with van der Waals surface area (Å²) in [6.07, 6.45) is 5.79. The van der Waals surface area contributed by atoms with Crippen LogP contribution in [0.15, 0.2) is 66.7 Å². The second-order valence-electron chi connectivity index (χ2n) is 12.1. The molecular weight excluding hydrogens is 480 g/mol. The Hall–Kier alpha value is -2.14. The minimum Gasteiger partial charge on any atom is -0.462 e. The van der Waals surface area contributed by atoms with Crippen LogP contribution in [0.1, 0.15) is 56.2 Å². The standard InChI is InChI=1S/C32H39ClN2O2/c1-22-7-6-14-32(2)20-29-26(19-28(22)32)27(31(36)37-29)21-34-15-17-35(18-16-34)30(23-8-4-3-5-9-23)24-10-12-25(33)13-11-24/h3-5,8-13,26-30H,1,6-7,14-21H2,2H3/t26-,27?,28+,29-,30?,32-/m1/s1. The Kier molecular flexibility index (Phi) is 6.94. The van der Waals surface area contributed by atoms with Gasteiger partial charge in [-0.3, -0.25) is 14.6 Å². The van der Waals surface area contributed by atoms with E-state index in [4.69, 9.17) is 16.3 Å². The monoisotopic (exact) mass is 518 g/mol. The molecule has 0 N–H and O–H groups in total. The minimum atomic E-state index is -0.00277. The van der Waals surface area contributed by atoms with E-state index in [1.165, 1.54) is 29.5 Å². The second-order valence-corrected chi connectivity index (χ2v) is 12.5. The first-order valence-electron chi connectivity index (χ1n) is 14.1. The van der Waals surface area contributed by atoms with E-state index in [1.807, 2.05) is 12.1 Å². The van der Waals surface area contributed by atoms with Crippen molar-refractivity contribution in [1.82, 2.24) is 9.80 Å². The number of piperazine rings is 1. The van der Waals surface area contributed by atoms with Crippen LogP contribution in [0, 0.1) is 23.2 Å². The summed E-state index contributed by atoms with van der Waals surface area (Å²) < 4.78 is 6.04. The Balaban J connectivity index is 1.13. The van der Waals surface area contributed by atoms with Crippen molar-refractivity contribution in [3.8, 4) is 0 Å². The molecule has 4 aliphatic rings. The lowest BCUT2D eigenvalue weighted by atomic mass is 9.55. The summed E-state index contributed by atoms with van der Waals surface area (Å²) in [5.74, 6) is 0.914. The van der Waals surface area contributed by atoms with Crippen molar-refractivity contribution in [1.29, 1.82) is 0 Å². The lowest BCUT2D eigenvalue weighted by Crippen LogP contribution is -2.50. The normalized spacial score (nSPS) is 33.5. The van der Waals surface area contributed by atoms with E-state index in [9.17, 15) is 4.79 Å². The van der Waals surface area contributed by atoms with E-state index in [1.54, 1.807) is 0 Å². The molecule has 2 aromatic carbocycles. The van der Waals surface area contributed by atoms with Crippen LogP contribution in [0.25, 0.3) is 0 Å². The topological polar surface area (TPSA) is 32.8 Å². The van der Waals surface area contributed by atoms with Crippen LogP contribution >= 0.6 is 11.6 Å². The number of hydrogen-bond acceptors (Lipinski definition) is 4. The fourth-order valence-electron chi connectivity index (χ4n) is 7.84. The van der Waals surface area contributed by atoms with E-state index < -0.39 is 0 Å². The van der Waals surface area contributed by atoms with E-state index in [0.717, 1.165) is 57.0 Å². The van der Waals surface area contributed by atoms with Crippen molar-refractivity contribution in [3.05, 3.63) is 82.9 Å². The van der Waals surface area contributed by atoms with Gasteiger partial charge in [0.2, 0.25) is 0 Å². The van der Waals surface area contributed by atoms with Gasteiger partial charge in [-0.1, -0.05) is 73.1 Å². The smallest absolute Gasteiger partial charge is 0.310 e. The summed E-state index contributed by atoms with van der Waals surface area (Å²) in [7, 11) is 0. The predicted octanol–water partition coefficient (Wildman–Crippen LogP) is 6.36. The number of nitrogens with zero attached hydrogens (tertiary/aromatic N) is 2. The van der Waals surface area contributed by atoms with Crippen molar-refractivity contribution in [2.45, 2.75) is 51.2 Å². The van der Waals surface area contributed by atoms with Gasteiger partial charge in [0, 0.05) is 43.7 Å². The maximum absolute atomic E-state index is 13.1. The zero-order valence-electron chi connectivity index (χ0n) is 21.9. The molecule has 0 amide bonds. The number of ether oxygens (including phenoxy) is 1. The molecule has 4 nitrogen and oxygen atoms in total. The number of benzene rings is 2. The Bertz CT molecular complexity index is 1130. The predicted molar refractivity (Wildman–Crippen MR) is 148 cm³/mol. The molecule has 6 atom stereocenters. The van der Waals surface area contributed by atoms with Gasteiger partial charge >= 0.3 is 5.97 Å². The molecule has 2 aliphatic carbocycles. The average molecular weight is 519 g/mol. The highest BCUT2D eigenvalue weighted by Crippen LogP contribution is 2.57. The van der Waals surface area contributed by atoms with E-state index in [0.29, 0.717) is 11.8 Å². The molecule has 2 aromatic rings. The van der Waals surface area contributed by atoms with Crippen LogP contribution in [-0.2, 0) is 9.53 Å². The molecule has 0 aromatic heterocycles. The molecule has 0 spiro atoms. The summed E-state index contributed by atoms with van der Waals surface area (Å²) in [4.78, 5) is 18.2. The van der Waals surface area contributed by atoms with E-state index >= 15 is 0 Å².